The van der Waals surface area contributed by atoms with Crippen molar-refractivity contribution in [1.82, 2.24) is 0 Å². The summed E-state index contributed by atoms with van der Waals surface area (Å²) in [4.78, 5) is 11.5. The minimum absolute atomic E-state index is 0.180. The minimum Gasteiger partial charge on any atom is -0.431 e. The van der Waals surface area contributed by atoms with Crippen LogP contribution in [0.15, 0.2) is 23.0 Å². The van der Waals surface area contributed by atoms with Crippen LogP contribution < -0.4 is 0 Å². The maximum atomic E-state index is 11.5. The molecule has 0 radical (unpaired) electrons. The van der Waals surface area contributed by atoms with E-state index in [0.29, 0.717) is 17.8 Å². The standard InChI is InChI=1S/C18H24O3/c1-11(19)21-17-9-13-3-2-4-14(13)15-6-5-12-7-8-20-10-16(12)18(15)17/h9,12,15-16,18H,2-8,10H2,1H3. The quantitative estimate of drug-likeness (QED) is 0.691. The van der Waals surface area contributed by atoms with Crippen LogP contribution in [0.2, 0.25) is 0 Å². The molecule has 1 saturated carbocycles. The van der Waals surface area contributed by atoms with Crippen molar-refractivity contribution in [3.05, 3.63) is 23.0 Å². The average Bonchev–Trinajstić information content (AvgIpc) is 2.94. The molecule has 1 aliphatic heterocycles. The smallest absolute Gasteiger partial charge is 0.307 e. The van der Waals surface area contributed by atoms with Gasteiger partial charge >= 0.3 is 5.97 Å². The van der Waals surface area contributed by atoms with Crippen LogP contribution in [0.4, 0.5) is 0 Å². The molecule has 0 N–H and O–H groups in total. The lowest BCUT2D eigenvalue weighted by Gasteiger charge is -2.47. The predicted octanol–water partition coefficient (Wildman–Crippen LogP) is 3.61. The van der Waals surface area contributed by atoms with Gasteiger partial charge in [-0.05, 0) is 67.9 Å². The topological polar surface area (TPSA) is 35.5 Å². The first-order chi connectivity index (χ1) is 10.2. The first kappa shape index (κ1) is 13.6. The Labute approximate surface area is 126 Å². The number of allylic oxidation sites excluding steroid dienone is 4. The first-order valence-electron chi connectivity index (χ1n) is 8.43. The Morgan fingerprint density at radius 2 is 2.19 bits per heavy atom. The molecule has 2 fully saturated rings. The number of carbonyl (C=O) groups excluding carboxylic acids is 1. The number of hydrogen-bond donors (Lipinski definition) is 0. The Bertz CT molecular complexity index is 517. The summed E-state index contributed by atoms with van der Waals surface area (Å²) in [5.74, 6) is 3.03. The largest absolute Gasteiger partial charge is 0.431 e. The van der Waals surface area contributed by atoms with Crippen molar-refractivity contribution in [1.29, 1.82) is 0 Å². The van der Waals surface area contributed by atoms with Crippen molar-refractivity contribution in [2.45, 2.75) is 45.4 Å². The summed E-state index contributed by atoms with van der Waals surface area (Å²) in [6, 6.07) is 0. The second-order valence-electron chi connectivity index (χ2n) is 7.04. The first-order valence-corrected chi connectivity index (χ1v) is 8.43. The monoisotopic (exact) mass is 288 g/mol. The molecule has 0 aromatic rings. The van der Waals surface area contributed by atoms with Crippen LogP contribution >= 0.6 is 0 Å². The highest BCUT2D eigenvalue weighted by molar-refractivity contribution is 5.67. The van der Waals surface area contributed by atoms with Gasteiger partial charge in [-0.25, -0.2) is 0 Å². The maximum absolute atomic E-state index is 11.5. The molecular weight excluding hydrogens is 264 g/mol. The molecule has 0 aromatic carbocycles. The average molecular weight is 288 g/mol. The van der Waals surface area contributed by atoms with Gasteiger partial charge in [-0.15, -0.1) is 0 Å². The molecule has 21 heavy (non-hydrogen) atoms. The molecule has 1 heterocycles. The Morgan fingerprint density at radius 3 is 3.05 bits per heavy atom. The molecule has 4 aliphatic rings. The van der Waals surface area contributed by atoms with Gasteiger partial charge in [0.1, 0.15) is 5.76 Å². The van der Waals surface area contributed by atoms with E-state index in [0.717, 1.165) is 31.3 Å². The van der Waals surface area contributed by atoms with Gasteiger partial charge in [-0.3, -0.25) is 4.79 Å². The van der Waals surface area contributed by atoms with Crippen molar-refractivity contribution >= 4 is 5.97 Å². The fraction of sp³-hybridized carbons (Fsp3) is 0.722. The summed E-state index contributed by atoms with van der Waals surface area (Å²) in [5.41, 5.74) is 3.13. The fourth-order valence-corrected chi connectivity index (χ4v) is 5.14. The number of fused-ring (bicyclic) bond motifs is 4. The number of esters is 1. The van der Waals surface area contributed by atoms with Crippen molar-refractivity contribution in [2.75, 3.05) is 13.2 Å². The maximum Gasteiger partial charge on any atom is 0.307 e. The molecule has 0 aromatic heterocycles. The van der Waals surface area contributed by atoms with Crippen molar-refractivity contribution in [3.63, 3.8) is 0 Å². The molecule has 1 saturated heterocycles. The summed E-state index contributed by atoms with van der Waals surface area (Å²) in [5, 5.41) is 0. The van der Waals surface area contributed by atoms with Crippen LogP contribution in [0.1, 0.15) is 45.4 Å². The molecule has 3 nitrogen and oxygen atoms in total. The lowest BCUT2D eigenvalue weighted by molar-refractivity contribution is -0.139. The Balaban J connectivity index is 1.70. The molecule has 3 heteroatoms. The van der Waals surface area contributed by atoms with Gasteiger partial charge in [0.05, 0.1) is 6.61 Å². The van der Waals surface area contributed by atoms with E-state index in [1.165, 1.54) is 44.6 Å². The van der Waals surface area contributed by atoms with Crippen LogP contribution in [0.5, 0.6) is 0 Å². The number of rotatable bonds is 1. The zero-order chi connectivity index (χ0) is 14.4. The molecule has 4 unspecified atom stereocenters. The molecule has 114 valence electrons. The Morgan fingerprint density at radius 1 is 1.29 bits per heavy atom. The third kappa shape index (κ3) is 2.26. The van der Waals surface area contributed by atoms with E-state index in [1.807, 2.05) is 0 Å². The van der Waals surface area contributed by atoms with E-state index >= 15 is 0 Å². The third-order valence-corrected chi connectivity index (χ3v) is 5.95. The predicted molar refractivity (Wildman–Crippen MR) is 79.4 cm³/mol. The van der Waals surface area contributed by atoms with Crippen LogP contribution in [0.25, 0.3) is 0 Å². The normalized spacial score (nSPS) is 38.2. The van der Waals surface area contributed by atoms with Gasteiger partial charge in [0.15, 0.2) is 0 Å². The molecule has 3 aliphatic carbocycles. The van der Waals surface area contributed by atoms with Gasteiger partial charge in [0, 0.05) is 19.4 Å². The second kappa shape index (κ2) is 5.28. The van der Waals surface area contributed by atoms with Gasteiger partial charge in [-0.2, -0.15) is 0 Å². The lowest BCUT2D eigenvalue weighted by Crippen LogP contribution is -2.43. The van der Waals surface area contributed by atoms with Crippen LogP contribution in [-0.2, 0) is 14.3 Å². The molecule has 4 atom stereocenters. The molecular formula is C18H24O3. The number of carbonyl (C=O) groups is 1. The second-order valence-corrected chi connectivity index (χ2v) is 7.04. The van der Waals surface area contributed by atoms with Crippen molar-refractivity contribution in [2.24, 2.45) is 23.7 Å². The SMILES string of the molecule is CC(=O)OC1=CC2=C(CCC2)C2CCC3CCOCC3C12. The van der Waals surface area contributed by atoms with Gasteiger partial charge in [0.25, 0.3) is 0 Å². The van der Waals surface area contributed by atoms with Crippen LogP contribution in [-0.4, -0.2) is 19.2 Å². The zero-order valence-electron chi connectivity index (χ0n) is 12.8. The fourth-order valence-electron chi connectivity index (χ4n) is 5.14. The minimum atomic E-state index is -0.180. The van der Waals surface area contributed by atoms with E-state index in [9.17, 15) is 4.79 Å². The van der Waals surface area contributed by atoms with Crippen LogP contribution in [0, 0.1) is 23.7 Å². The molecule has 4 rings (SSSR count). The molecule has 0 amide bonds. The van der Waals surface area contributed by atoms with E-state index in [1.54, 1.807) is 5.57 Å². The highest BCUT2D eigenvalue weighted by Gasteiger charge is 2.47. The highest BCUT2D eigenvalue weighted by Crippen LogP contribution is 2.54. The van der Waals surface area contributed by atoms with Gasteiger partial charge in [-0.1, -0.05) is 5.57 Å². The van der Waals surface area contributed by atoms with Crippen LogP contribution in [0.3, 0.4) is 0 Å². The van der Waals surface area contributed by atoms with Gasteiger partial charge < -0.3 is 9.47 Å². The van der Waals surface area contributed by atoms with Crippen molar-refractivity contribution < 1.29 is 14.3 Å². The van der Waals surface area contributed by atoms with E-state index in [4.69, 9.17) is 9.47 Å². The van der Waals surface area contributed by atoms with Crippen molar-refractivity contribution in [3.8, 4) is 0 Å². The lowest BCUT2D eigenvalue weighted by atomic mass is 9.60. The van der Waals surface area contributed by atoms with E-state index in [-0.39, 0.29) is 5.97 Å². The van der Waals surface area contributed by atoms with E-state index in [2.05, 4.69) is 6.08 Å². The van der Waals surface area contributed by atoms with Gasteiger partial charge in [0.2, 0.25) is 0 Å². The third-order valence-electron chi connectivity index (χ3n) is 5.95. The molecule has 0 bridgehead atoms. The number of ether oxygens (including phenoxy) is 2. The summed E-state index contributed by atoms with van der Waals surface area (Å²) < 4.78 is 11.4. The summed E-state index contributed by atoms with van der Waals surface area (Å²) in [7, 11) is 0. The zero-order valence-corrected chi connectivity index (χ0v) is 12.8. The Hall–Kier alpha value is -1.09. The highest BCUT2D eigenvalue weighted by atomic mass is 16.5. The number of hydrogen-bond acceptors (Lipinski definition) is 3. The Kier molecular flexibility index (Phi) is 3.41. The molecule has 0 spiro atoms. The van der Waals surface area contributed by atoms with E-state index < -0.39 is 0 Å². The summed E-state index contributed by atoms with van der Waals surface area (Å²) >= 11 is 0. The summed E-state index contributed by atoms with van der Waals surface area (Å²) in [6.07, 6.45) is 9.63. The summed E-state index contributed by atoms with van der Waals surface area (Å²) in [6.45, 7) is 3.26.